The summed E-state index contributed by atoms with van der Waals surface area (Å²) in [7, 11) is -3.42. The van der Waals surface area contributed by atoms with Crippen LogP contribution in [0.3, 0.4) is 0 Å². The molecule has 2 N–H and O–H groups in total. The molecule has 0 aromatic heterocycles. The molecule has 144 valence electrons. The number of nitrogens with one attached hydrogen (secondary N) is 1. The smallest absolute Gasteiger partial charge is 0.405 e. The average Bonchev–Trinajstić information content (AvgIpc) is 2.61. The number of rotatable bonds is 4. The summed E-state index contributed by atoms with van der Waals surface area (Å²) in [5.74, 6) is -0.481. The number of carboxylic acid groups (broad SMARTS) is 1. The topological polar surface area (TPSA) is 83.5 Å². The van der Waals surface area contributed by atoms with E-state index < -0.39 is 27.3 Å². The molecule has 3 rings (SSSR count). The van der Waals surface area contributed by atoms with Gasteiger partial charge >= 0.3 is 6.09 Å². The molecule has 1 amide bonds. The Morgan fingerprint density at radius 3 is 2.44 bits per heavy atom. The Kier molecular flexibility index (Phi) is 5.24. The van der Waals surface area contributed by atoms with Crippen molar-refractivity contribution in [1.29, 1.82) is 0 Å². The average molecular weight is 391 g/mol. The third-order valence-electron chi connectivity index (χ3n) is 5.15. The van der Waals surface area contributed by atoms with Crippen LogP contribution in [-0.4, -0.2) is 25.9 Å². The monoisotopic (exact) mass is 391 g/mol. The number of hydrogen-bond acceptors (Lipinski definition) is 3. The van der Waals surface area contributed by atoms with E-state index in [0.717, 1.165) is 25.5 Å². The fourth-order valence-electron chi connectivity index (χ4n) is 3.78. The maximum atomic E-state index is 14.6. The Hall–Kier alpha value is -2.41. The first-order valence-electron chi connectivity index (χ1n) is 8.83. The van der Waals surface area contributed by atoms with Gasteiger partial charge in [-0.25, -0.2) is 17.6 Å². The van der Waals surface area contributed by atoms with Crippen molar-refractivity contribution >= 4 is 15.9 Å². The van der Waals surface area contributed by atoms with Gasteiger partial charge in [0.1, 0.15) is 5.82 Å². The zero-order valence-corrected chi connectivity index (χ0v) is 15.9. The summed E-state index contributed by atoms with van der Waals surface area (Å²) < 4.78 is 38.2. The third-order valence-corrected chi connectivity index (χ3v) is 6.26. The molecular weight excluding hydrogens is 369 g/mol. The summed E-state index contributed by atoms with van der Waals surface area (Å²) >= 11 is 0. The molecule has 0 bridgehead atoms. The predicted molar refractivity (Wildman–Crippen MR) is 101 cm³/mol. The quantitative estimate of drug-likeness (QED) is 0.813. The van der Waals surface area contributed by atoms with Crippen molar-refractivity contribution in [2.24, 2.45) is 0 Å². The number of halogens is 1. The molecule has 0 heterocycles. The zero-order valence-electron chi connectivity index (χ0n) is 15.0. The number of hydrogen-bond donors (Lipinski definition) is 2. The van der Waals surface area contributed by atoms with E-state index in [1.165, 1.54) is 18.2 Å². The molecule has 2 aromatic rings. The minimum Gasteiger partial charge on any atom is -0.465 e. The van der Waals surface area contributed by atoms with E-state index in [0.29, 0.717) is 24.0 Å². The Morgan fingerprint density at radius 2 is 1.81 bits per heavy atom. The summed E-state index contributed by atoms with van der Waals surface area (Å²) in [6, 6.07) is 10.7. The SMILES string of the molecule is CS(=O)(=O)c1cccc(-c2cc(C3(NC(=O)O)CCCCC3)ccc2F)c1. The van der Waals surface area contributed by atoms with Gasteiger partial charge < -0.3 is 10.4 Å². The van der Waals surface area contributed by atoms with Crippen LogP contribution in [0.4, 0.5) is 9.18 Å². The van der Waals surface area contributed by atoms with Crippen molar-refractivity contribution in [3.05, 3.63) is 53.8 Å². The molecule has 1 aliphatic rings. The minimum absolute atomic E-state index is 0.112. The van der Waals surface area contributed by atoms with E-state index in [1.807, 2.05) is 0 Å². The minimum atomic E-state index is -3.42. The molecule has 0 saturated heterocycles. The molecule has 1 saturated carbocycles. The molecule has 1 fully saturated rings. The highest BCUT2D eigenvalue weighted by Crippen LogP contribution is 2.39. The molecule has 27 heavy (non-hydrogen) atoms. The molecule has 0 spiro atoms. The van der Waals surface area contributed by atoms with Gasteiger partial charge in [-0.3, -0.25) is 0 Å². The van der Waals surface area contributed by atoms with Crippen molar-refractivity contribution < 1.29 is 22.7 Å². The second-order valence-corrected chi connectivity index (χ2v) is 9.08. The molecule has 0 atom stereocenters. The van der Waals surface area contributed by atoms with Crippen LogP contribution in [0.15, 0.2) is 47.4 Å². The Labute approximate surface area is 158 Å². The lowest BCUT2D eigenvalue weighted by molar-refractivity contribution is 0.162. The van der Waals surface area contributed by atoms with Crippen molar-refractivity contribution in [1.82, 2.24) is 5.32 Å². The Bertz CT molecular complexity index is 966. The second kappa shape index (κ2) is 7.31. The standard InChI is InChI=1S/C20H22FNO4S/c1-27(25,26)16-7-5-6-14(12-16)17-13-15(8-9-18(17)21)20(22-19(23)24)10-3-2-4-11-20/h5-9,12-13,22H,2-4,10-11H2,1H3,(H,23,24). The van der Waals surface area contributed by atoms with E-state index >= 15 is 0 Å². The van der Waals surface area contributed by atoms with Gasteiger partial charge in [0.15, 0.2) is 9.84 Å². The van der Waals surface area contributed by atoms with Gasteiger partial charge in [0, 0.05) is 11.8 Å². The van der Waals surface area contributed by atoms with Crippen LogP contribution in [0.2, 0.25) is 0 Å². The van der Waals surface area contributed by atoms with Gasteiger partial charge in [0.25, 0.3) is 0 Å². The molecule has 2 aromatic carbocycles. The van der Waals surface area contributed by atoms with Gasteiger partial charge in [-0.2, -0.15) is 0 Å². The van der Waals surface area contributed by atoms with Crippen molar-refractivity contribution in [3.63, 3.8) is 0 Å². The third kappa shape index (κ3) is 4.13. The maximum absolute atomic E-state index is 14.6. The van der Waals surface area contributed by atoms with Gasteiger partial charge in [0.2, 0.25) is 0 Å². The van der Waals surface area contributed by atoms with Crippen LogP contribution in [0, 0.1) is 5.82 Å². The predicted octanol–water partition coefficient (Wildman–Crippen LogP) is 4.32. The van der Waals surface area contributed by atoms with Crippen molar-refractivity contribution in [3.8, 4) is 11.1 Å². The summed E-state index contributed by atoms with van der Waals surface area (Å²) in [4.78, 5) is 11.5. The molecule has 5 nitrogen and oxygen atoms in total. The first-order chi connectivity index (χ1) is 12.7. The summed E-state index contributed by atoms with van der Waals surface area (Å²) in [6.45, 7) is 0. The molecule has 0 aliphatic heterocycles. The van der Waals surface area contributed by atoms with E-state index in [1.54, 1.807) is 24.3 Å². The number of benzene rings is 2. The van der Waals surface area contributed by atoms with Crippen LogP contribution in [0.5, 0.6) is 0 Å². The highest BCUT2D eigenvalue weighted by atomic mass is 32.2. The van der Waals surface area contributed by atoms with E-state index in [9.17, 15) is 22.7 Å². The largest absolute Gasteiger partial charge is 0.465 e. The second-order valence-electron chi connectivity index (χ2n) is 7.07. The molecule has 0 unspecified atom stereocenters. The normalized spacial score (nSPS) is 16.7. The van der Waals surface area contributed by atoms with Crippen molar-refractivity contribution in [2.45, 2.75) is 42.5 Å². The summed E-state index contributed by atoms with van der Waals surface area (Å²) in [6.07, 6.45) is 4.09. The van der Waals surface area contributed by atoms with Gasteiger partial charge in [-0.05, 0) is 48.2 Å². The lowest BCUT2D eigenvalue weighted by Crippen LogP contribution is -2.46. The number of carbonyl (C=O) groups is 1. The number of sulfone groups is 1. The van der Waals surface area contributed by atoms with Crippen molar-refractivity contribution in [2.75, 3.05) is 6.26 Å². The van der Waals surface area contributed by atoms with E-state index in [4.69, 9.17) is 0 Å². The maximum Gasteiger partial charge on any atom is 0.405 e. The summed E-state index contributed by atoms with van der Waals surface area (Å²) in [5, 5.41) is 12.0. The fraction of sp³-hybridized carbons (Fsp3) is 0.350. The van der Waals surface area contributed by atoms with Crippen LogP contribution < -0.4 is 5.32 Å². The van der Waals surface area contributed by atoms with Crippen LogP contribution in [-0.2, 0) is 15.4 Å². The zero-order chi connectivity index (χ0) is 19.7. The van der Waals surface area contributed by atoms with Gasteiger partial charge in [-0.1, -0.05) is 37.5 Å². The van der Waals surface area contributed by atoms with Gasteiger partial charge in [-0.15, -0.1) is 0 Å². The number of amides is 1. The van der Waals surface area contributed by atoms with E-state index in [2.05, 4.69) is 5.32 Å². The lowest BCUT2D eigenvalue weighted by Gasteiger charge is -2.38. The molecule has 7 heteroatoms. The highest BCUT2D eigenvalue weighted by Gasteiger charge is 2.36. The van der Waals surface area contributed by atoms with Crippen LogP contribution in [0.1, 0.15) is 37.7 Å². The van der Waals surface area contributed by atoms with Crippen LogP contribution in [0.25, 0.3) is 11.1 Å². The fourth-order valence-corrected chi connectivity index (χ4v) is 4.45. The summed E-state index contributed by atoms with van der Waals surface area (Å²) in [5.41, 5.74) is 0.653. The Balaban J connectivity index is 2.10. The van der Waals surface area contributed by atoms with Gasteiger partial charge in [0.05, 0.1) is 10.4 Å². The first kappa shape index (κ1) is 19.4. The Morgan fingerprint density at radius 1 is 1.11 bits per heavy atom. The van der Waals surface area contributed by atoms with Crippen LogP contribution >= 0.6 is 0 Å². The van der Waals surface area contributed by atoms with E-state index in [-0.39, 0.29) is 10.5 Å². The lowest BCUT2D eigenvalue weighted by atomic mass is 9.76. The molecule has 0 radical (unpaired) electrons. The molecular formula is C20H22FNO4S. The highest BCUT2D eigenvalue weighted by molar-refractivity contribution is 7.90. The molecule has 1 aliphatic carbocycles. The first-order valence-corrected chi connectivity index (χ1v) is 10.7.